The Kier molecular flexibility index (Phi) is 4.89. The van der Waals surface area contributed by atoms with Crippen LogP contribution in [0.4, 0.5) is 0 Å². The Morgan fingerprint density at radius 1 is 1.30 bits per heavy atom. The second-order valence-corrected chi connectivity index (χ2v) is 8.33. The first-order chi connectivity index (χ1) is 9.36. The van der Waals surface area contributed by atoms with Crippen molar-refractivity contribution in [3.63, 3.8) is 0 Å². The zero-order valence-corrected chi connectivity index (χ0v) is 14.5. The number of halogens is 1. The van der Waals surface area contributed by atoms with Gasteiger partial charge < -0.3 is 5.32 Å². The van der Waals surface area contributed by atoms with Crippen LogP contribution < -0.4 is 5.32 Å². The van der Waals surface area contributed by atoms with E-state index >= 15 is 0 Å². The van der Waals surface area contributed by atoms with Gasteiger partial charge in [0.1, 0.15) is 0 Å². The van der Waals surface area contributed by atoms with E-state index in [2.05, 4.69) is 35.1 Å². The molecule has 0 spiro atoms. The van der Waals surface area contributed by atoms with E-state index in [1.54, 1.807) is 10.4 Å². The van der Waals surface area contributed by atoms with Gasteiger partial charge in [-0.1, -0.05) is 19.9 Å². The van der Waals surface area contributed by atoms with Gasteiger partial charge in [-0.3, -0.25) is 0 Å². The third kappa shape index (κ3) is 3.08. The Morgan fingerprint density at radius 3 is 2.40 bits per heavy atom. The minimum atomic E-state index is -3.40. The van der Waals surface area contributed by atoms with Crippen LogP contribution in [0.25, 0.3) is 0 Å². The number of sulfonamides is 1. The van der Waals surface area contributed by atoms with Crippen molar-refractivity contribution in [2.75, 3.05) is 20.1 Å². The van der Waals surface area contributed by atoms with Crippen LogP contribution in [-0.2, 0) is 16.6 Å². The molecule has 6 heteroatoms. The minimum Gasteiger partial charge on any atom is -0.316 e. The summed E-state index contributed by atoms with van der Waals surface area (Å²) in [7, 11) is -1.53. The maximum Gasteiger partial charge on any atom is 0.244 e. The molecule has 1 aliphatic heterocycles. The lowest BCUT2D eigenvalue weighted by atomic mass is 10.0. The summed E-state index contributed by atoms with van der Waals surface area (Å²) in [5.74, 6) is 0.819. The zero-order valence-electron chi connectivity index (χ0n) is 12.1. The fourth-order valence-electron chi connectivity index (χ4n) is 2.48. The van der Waals surface area contributed by atoms with Crippen molar-refractivity contribution < 1.29 is 8.42 Å². The molecule has 4 nitrogen and oxygen atoms in total. The molecule has 1 N–H and O–H groups in total. The van der Waals surface area contributed by atoms with Crippen molar-refractivity contribution >= 4 is 26.0 Å². The Balaban J connectivity index is 2.31. The van der Waals surface area contributed by atoms with Crippen molar-refractivity contribution in [2.24, 2.45) is 11.8 Å². The summed E-state index contributed by atoms with van der Waals surface area (Å²) in [6.07, 6.45) is 0. The van der Waals surface area contributed by atoms with Gasteiger partial charge in [0.05, 0.1) is 4.90 Å². The SMILES string of the molecule is CNCc1ccc(S(=O)(=O)N2CC(C)C(C)C2)c(Br)c1. The normalized spacial score (nSPS) is 24.2. The molecule has 1 aromatic carbocycles. The van der Waals surface area contributed by atoms with Crippen LogP contribution in [0, 0.1) is 11.8 Å². The monoisotopic (exact) mass is 360 g/mol. The summed E-state index contributed by atoms with van der Waals surface area (Å²) in [5.41, 5.74) is 1.06. The standard InChI is InChI=1S/C14H21BrN2O2S/c1-10-8-17(9-11(10)2)20(18,19)14-5-4-12(7-16-3)6-13(14)15/h4-6,10-11,16H,7-9H2,1-3H3. The minimum absolute atomic E-state index is 0.360. The van der Waals surface area contributed by atoms with Gasteiger partial charge in [-0.2, -0.15) is 4.31 Å². The average molecular weight is 361 g/mol. The first kappa shape index (κ1) is 15.9. The van der Waals surface area contributed by atoms with Crippen molar-refractivity contribution in [1.82, 2.24) is 9.62 Å². The van der Waals surface area contributed by atoms with Crippen LogP contribution in [0.15, 0.2) is 27.6 Å². The third-order valence-electron chi connectivity index (χ3n) is 3.95. The lowest BCUT2D eigenvalue weighted by Crippen LogP contribution is -2.29. The second-order valence-electron chi connectivity index (χ2n) is 5.57. The van der Waals surface area contributed by atoms with E-state index in [-0.39, 0.29) is 0 Å². The third-order valence-corrected chi connectivity index (χ3v) is 6.76. The van der Waals surface area contributed by atoms with Crippen LogP contribution >= 0.6 is 15.9 Å². The molecule has 0 aliphatic carbocycles. The van der Waals surface area contributed by atoms with Crippen LogP contribution in [0.5, 0.6) is 0 Å². The summed E-state index contributed by atoms with van der Waals surface area (Å²) >= 11 is 3.40. The number of hydrogen-bond acceptors (Lipinski definition) is 3. The highest BCUT2D eigenvalue weighted by Gasteiger charge is 2.35. The zero-order chi connectivity index (χ0) is 14.9. The smallest absolute Gasteiger partial charge is 0.244 e. The molecule has 0 amide bonds. The molecule has 0 aromatic heterocycles. The number of nitrogens with zero attached hydrogens (tertiary/aromatic N) is 1. The molecule has 1 aromatic rings. The predicted molar refractivity (Wildman–Crippen MR) is 84.0 cm³/mol. The van der Waals surface area contributed by atoms with E-state index in [1.165, 1.54) is 0 Å². The first-order valence-corrected chi connectivity index (χ1v) is 9.02. The molecule has 2 unspecified atom stereocenters. The lowest BCUT2D eigenvalue weighted by molar-refractivity contribution is 0.463. The molecule has 1 fully saturated rings. The van der Waals surface area contributed by atoms with Gasteiger partial charge in [0.25, 0.3) is 0 Å². The number of benzene rings is 1. The van der Waals surface area contributed by atoms with Crippen LogP contribution in [-0.4, -0.2) is 32.9 Å². The van der Waals surface area contributed by atoms with E-state index in [9.17, 15) is 8.42 Å². The van der Waals surface area contributed by atoms with Gasteiger partial charge in [-0.15, -0.1) is 0 Å². The first-order valence-electron chi connectivity index (χ1n) is 6.79. The molecule has 0 bridgehead atoms. The fourth-order valence-corrected chi connectivity index (χ4v) is 5.21. The largest absolute Gasteiger partial charge is 0.316 e. The fraction of sp³-hybridized carbons (Fsp3) is 0.571. The molecular formula is C14H21BrN2O2S. The summed E-state index contributed by atoms with van der Waals surface area (Å²) < 4.78 is 27.6. The van der Waals surface area contributed by atoms with Gasteiger partial charge in [0.2, 0.25) is 10.0 Å². The number of nitrogens with one attached hydrogen (secondary N) is 1. The number of hydrogen-bond donors (Lipinski definition) is 1. The quantitative estimate of drug-likeness (QED) is 0.896. The second kappa shape index (κ2) is 6.13. The molecule has 2 atom stereocenters. The van der Waals surface area contributed by atoms with Gasteiger partial charge in [0, 0.05) is 24.1 Å². The topological polar surface area (TPSA) is 49.4 Å². The van der Waals surface area contributed by atoms with Gasteiger partial charge in [0.15, 0.2) is 0 Å². The van der Waals surface area contributed by atoms with Crippen LogP contribution in [0.3, 0.4) is 0 Å². The van der Waals surface area contributed by atoms with E-state index in [0.29, 0.717) is 34.3 Å². The summed E-state index contributed by atoms with van der Waals surface area (Å²) in [5, 5.41) is 3.06. The molecule has 0 saturated carbocycles. The maximum absolute atomic E-state index is 12.7. The Labute approximate surface area is 129 Å². The Bertz CT molecular complexity index is 579. The molecule has 1 saturated heterocycles. The molecule has 0 radical (unpaired) electrons. The summed E-state index contributed by atoms with van der Waals surface area (Å²) in [4.78, 5) is 0.360. The maximum atomic E-state index is 12.7. The van der Waals surface area contributed by atoms with Crippen molar-refractivity contribution in [1.29, 1.82) is 0 Å². The van der Waals surface area contributed by atoms with E-state index in [4.69, 9.17) is 0 Å². The molecular weight excluding hydrogens is 340 g/mol. The summed E-state index contributed by atoms with van der Waals surface area (Å²) in [6, 6.07) is 5.42. The van der Waals surface area contributed by atoms with E-state index in [1.807, 2.05) is 19.2 Å². The average Bonchev–Trinajstić information content (AvgIpc) is 2.70. The molecule has 1 aliphatic rings. The summed E-state index contributed by atoms with van der Waals surface area (Å²) in [6.45, 7) is 6.13. The van der Waals surface area contributed by atoms with E-state index in [0.717, 1.165) is 12.1 Å². The van der Waals surface area contributed by atoms with Gasteiger partial charge in [-0.25, -0.2) is 8.42 Å². The highest BCUT2D eigenvalue weighted by atomic mass is 79.9. The molecule has 20 heavy (non-hydrogen) atoms. The Morgan fingerprint density at radius 2 is 1.90 bits per heavy atom. The number of rotatable bonds is 4. The van der Waals surface area contributed by atoms with Gasteiger partial charge in [-0.05, 0) is 52.5 Å². The Hall–Kier alpha value is -0.430. The van der Waals surface area contributed by atoms with Crippen LogP contribution in [0.2, 0.25) is 0 Å². The lowest BCUT2D eigenvalue weighted by Gasteiger charge is -2.17. The highest BCUT2D eigenvalue weighted by molar-refractivity contribution is 9.10. The highest BCUT2D eigenvalue weighted by Crippen LogP contribution is 2.31. The van der Waals surface area contributed by atoms with Gasteiger partial charge >= 0.3 is 0 Å². The molecule has 2 rings (SSSR count). The molecule has 1 heterocycles. The molecule has 112 valence electrons. The van der Waals surface area contributed by atoms with E-state index < -0.39 is 10.0 Å². The van der Waals surface area contributed by atoms with Crippen LogP contribution in [0.1, 0.15) is 19.4 Å². The predicted octanol–water partition coefficient (Wildman–Crippen LogP) is 2.45. The van der Waals surface area contributed by atoms with Crippen molar-refractivity contribution in [2.45, 2.75) is 25.3 Å². The van der Waals surface area contributed by atoms with Crippen molar-refractivity contribution in [3.05, 3.63) is 28.2 Å². The van der Waals surface area contributed by atoms with Crippen molar-refractivity contribution in [3.8, 4) is 0 Å².